The summed E-state index contributed by atoms with van der Waals surface area (Å²) in [5.41, 5.74) is 6.65. The molecule has 2 aromatic rings. The maximum Gasteiger partial charge on any atom is 0.243 e. The summed E-state index contributed by atoms with van der Waals surface area (Å²) in [4.78, 5) is 4.20. The predicted octanol–water partition coefficient (Wildman–Crippen LogP) is 1.93. The minimum absolute atomic E-state index is 0.0111. The Labute approximate surface area is 125 Å². The maximum atomic E-state index is 11.1. The lowest BCUT2D eigenvalue weighted by molar-refractivity contribution is 0.352. The second-order valence-electron chi connectivity index (χ2n) is 4.49. The number of halogens is 1. The highest BCUT2D eigenvalue weighted by molar-refractivity contribution is 9.10. The first-order valence-corrected chi connectivity index (χ1v) is 8.73. The number of nitrogens with zero attached hydrogens (tertiary/aromatic N) is 2. The molecule has 1 heterocycles. The zero-order chi connectivity index (χ0) is 14.8. The van der Waals surface area contributed by atoms with Crippen molar-refractivity contribution in [1.29, 1.82) is 0 Å². The van der Waals surface area contributed by atoms with E-state index in [1.54, 1.807) is 0 Å². The molecule has 2 rings (SSSR count). The smallest absolute Gasteiger partial charge is 0.243 e. The number of hydrogen-bond donors (Lipinski definition) is 1. The summed E-state index contributed by atoms with van der Waals surface area (Å²) in [7, 11) is -3.05. The van der Waals surface area contributed by atoms with Gasteiger partial charge in [-0.3, -0.25) is 0 Å². The van der Waals surface area contributed by atoms with E-state index in [4.69, 9.17) is 10.3 Å². The summed E-state index contributed by atoms with van der Waals surface area (Å²) in [5.74, 6) is 0.655. The zero-order valence-corrected chi connectivity index (χ0v) is 13.2. The summed E-state index contributed by atoms with van der Waals surface area (Å²) in [6.07, 6.45) is 1.42. The van der Waals surface area contributed by atoms with Crippen molar-refractivity contribution in [1.82, 2.24) is 10.1 Å². The van der Waals surface area contributed by atoms with Crippen LogP contribution in [0, 0.1) is 0 Å². The van der Waals surface area contributed by atoms with Crippen LogP contribution < -0.4 is 5.73 Å². The van der Waals surface area contributed by atoms with E-state index in [9.17, 15) is 8.42 Å². The average molecular weight is 360 g/mol. The second-order valence-corrected chi connectivity index (χ2v) is 7.67. The molecule has 8 heteroatoms. The van der Waals surface area contributed by atoms with E-state index in [1.165, 1.54) is 6.26 Å². The Morgan fingerprint density at radius 3 is 2.85 bits per heavy atom. The molecule has 0 saturated carbocycles. The number of rotatable bonds is 5. The quantitative estimate of drug-likeness (QED) is 0.875. The lowest BCUT2D eigenvalue weighted by Crippen LogP contribution is -2.16. The normalized spacial score (nSPS) is 13.3. The summed E-state index contributed by atoms with van der Waals surface area (Å²) in [5, 5.41) is 3.86. The van der Waals surface area contributed by atoms with Gasteiger partial charge >= 0.3 is 0 Å². The first kappa shape index (κ1) is 15.1. The van der Waals surface area contributed by atoms with Gasteiger partial charge in [0.15, 0.2) is 0 Å². The van der Waals surface area contributed by atoms with E-state index in [2.05, 4.69) is 26.1 Å². The zero-order valence-electron chi connectivity index (χ0n) is 10.8. The third kappa shape index (κ3) is 4.12. The first-order valence-electron chi connectivity index (χ1n) is 5.88. The lowest BCUT2D eigenvalue weighted by Gasteiger charge is -2.04. The van der Waals surface area contributed by atoms with Gasteiger partial charge in [0.05, 0.1) is 11.8 Å². The third-order valence-corrected chi connectivity index (χ3v) is 4.11. The Balaban J connectivity index is 2.12. The molecule has 0 spiro atoms. The molecule has 0 aliphatic rings. The molecule has 0 aliphatic carbocycles. The molecule has 20 heavy (non-hydrogen) atoms. The van der Waals surface area contributed by atoms with Gasteiger partial charge in [-0.25, -0.2) is 8.42 Å². The molecule has 0 fully saturated rings. The Morgan fingerprint density at radius 1 is 1.45 bits per heavy atom. The minimum atomic E-state index is -3.05. The molecule has 1 atom stereocenters. The molecule has 2 N–H and O–H groups in total. The highest BCUT2D eigenvalue weighted by atomic mass is 79.9. The molecule has 1 aromatic heterocycles. The van der Waals surface area contributed by atoms with Gasteiger partial charge < -0.3 is 10.3 Å². The van der Waals surface area contributed by atoms with Crippen molar-refractivity contribution < 1.29 is 12.9 Å². The number of nitrogens with two attached hydrogens (primary N) is 1. The molecule has 1 unspecified atom stereocenters. The molecule has 108 valence electrons. The van der Waals surface area contributed by atoms with E-state index in [-0.39, 0.29) is 18.1 Å². The fourth-order valence-electron chi connectivity index (χ4n) is 1.60. The molecule has 6 nitrogen and oxygen atoms in total. The van der Waals surface area contributed by atoms with E-state index in [0.29, 0.717) is 5.82 Å². The van der Waals surface area contributed by atoms with E-state index >= 15 is 0 Å². The molecule has 0 bridgehead atoms. The lowest BCUT2D eigenvalue weighted by atomic mass is 10.2. The molecule has 1 aromatic carbocycles. The number of aromatic nitrogens is 2. The van der Waals surface area contributed by atoms with Crippen LogP contribution >= 0.6 is 15.9 Å². The summed E-state index contributed by atoms with van der Waals surface area (Å²) < 4.78 is 28.2. The highest BCUT2D eigenvalue weighted by Gasteiger charge is 2.17. The van der Waals surface area contributed by atoms with Crippen LogP contribution in [0.25, 0.3) is 11.4 Å². The Hall–Kier alpha value is -1.25. The monoisotopic (exact) mass is 359 g/mol. The highest BCUT2D eigenvalue weighted by Crippen LogP contribution is 2.22. The minimum Gasteiger partial charge on any atom is -0.337 e. The maximum absolute atomic E-state index is 11.1. The van der Waals surface area contributed by atoms with Crippen LogP contribution in [0.2, 0.25) is 0 Å². The Kier molecular flexibility index (Phi) is 4.56. The molecule has 0 aliphatic heterocycles. The fourth-order valence-corrected chi connectivity index (χ4v) is 2.68. The van der Waals surface area contributed by atoms with Gasteiger partial charge in [-0.2, -0.15) is 4.98 Å². The van der Waals surface area contributed by atoms with Crippen molar-refractivity contribution in [2.45, 2.75) is 12.5 Å². The van der Waals surface area contributed by atoms with Gasteiger partial charge in [0, 0.05) is 16.3 Å². The van der Waals surface area contributed by atoms with Gasteiger partial charge in [0.25, 0.3) is 0 Å². The van der Waals surface area contributed by atoms with Gasteiger partial charge in [-0.05, 0) is 18.6 Å². The van der Waals surface area contributed by atoms with Crippen molar-refractivity contribution >= 4 is 25.8 Å². The molecule has 0 radical (unpaired) electrons. The van der Waals surface area contributed by atoms with Gasteiger partial charge in [-0.15, -0.1) is 0 Å². The second kappa shape index (κ2) is 6.02. The van der Waals surface area contributed by atoms with Crippen LogP contribution in [0.15, 0.2) is 33.3 Å². The standard InChI is InChI=1S/C12H14BrN3O3S/c1-20(17,18)6-5-10(14)12-15-11(16-19-12)8-3-2-4-9(13)7-8/h2-4,7,10H,5-6,14H2,1H3. The predicted molar refractivity (Wildman–Crippen MR) is 78.7 cm³/mol. The van der Waals surface area contributed by atoms with Crippen molar-refractivity contribution in [3.63, 3.8) is 0 Å². The average Bonchev–Trinajstić information content (AvgIpc) is 2.84. The van der Waals surface area contributed by atoms with Gasteiger partial charge in [0.2, 0.25) is 11.7 Å². The third-order valence-electron chi connectivity index (χ3n) is 2.64. The Bertz CT molecular complexity index is 699. The van der Waals surface area contributed by atoms with E-state index in [0.717, 1.165) is 10.0 Å². The largest absolute Gasteiger partial charge is 0.337 e. The van der Waals surface area contributed by atoms with Crippen LogP contribution in [0.3, 0.4) is 0 Å². The first-order chi connectivity index (χ1) is 9.35. The molecule has 0 saturated heterocycles. The number of benzene rings is 1. The van der Waals surface area contributed by atoms with Crippen LogP contribution in [0.1, 0.15) is 18.4 Å². The fraction of sp³-hybridized carbons (Fsp3) is 0.333. The summed E-state index contributed by atoms with van der Waals surface area (Å²) in [6, 6.07) is 6.87. The molecule has 0 amide bonds. The number of sulfone groups is 1. The topological polar surface area (TPSA) is 99.1 Å². The summed E-state index contributed by atoms with van der Waals surface area (Å²) >= 11 is 3.36. The van der Waals surface area contributed by atoms with Crippen LogP contribution in [-0.2, 0) is 9.84 Å². The van der Waals surface area contributed by atoms with E-state index in [1.807, 2.05) is 24.3 Å². The van der Waals surface area contributed by atoms with Crippen molar-refractivity contribution in [3.8, 4) is 11.4 Å². The van der Waals surface area contributed by atoms with Crippen LogP contribution in [0.4, 0.5) is 0 Å². The van der Waals surface area contributed by atoms with Crippen LogP contribution in [0.5, 0.6) is 0 Å². The van der Waals surface area contributed by atoms with Gasteiger partial charge in [-0.1, -0.05) is 33.2 Å². The Morgan fingerprint density at radius 2 is 2.20 bits per heavy atom. The van der Waals surface area contributed by atoms with Crippen molar-refractivity contribution in [2.75, 3.05) is 12.0 Å². The van der Waals surface area contributed by atoms with Crippen molar-refractivity contribution in [2.24, 2.45) is 5.73 Å². The SMILES string of the molecule is CS(=O)(=O)CCC(N)c1nc(-c2cccc(Br)c2)no1. The van der Waals surface area contributed by atoms with E-state index < -0.39 is 15.9 Å². The van der Waals surface area contributed by atoms with Crippen LogP contribution in [-0.4, -0.2) is 30.6 Å². The summed E-state index contributed by atoms with van der Waals surface area (Å²) in [6.45, 7) is 0. The molecular weight excluding hydrogens is 346 g/mol. The van der Waals surface area contributed by atoms with Crippen molar-refractivity contribution in [3.05, 3.63) is 34.6 Å². The molecular formula is C12H14BrN3O3S. The number of hydrogen-bond acceptors (Lipinski definition) is 6. The van der Waals surface area contributed by atoms with Gasteiger partial charge in [0.1, 0.15) is 9.84 Å².